The largest absolute Gasteiger partial charge is 0.349 e. The highest BCUT2D eigenvalue weighted by Gasteiger charge is 2.23. The molecule has 0 atom stereocenters. The van der Waals surface area contributed by atoms with Gasteiger partial charge in [0, 0.05) is 16.9 Å². The van der Waals surface area contributed by atoms with Crippen LogP contribution >= 0.6 is 11.8 Å². The van der Waals surface area contributed by atoms with Crippen LogP contribution in [0.3, 0.4) is 0 Å². The summed E-state index contributed by atoms with van der Waals surface area (Å²) in [5.74, 6) is 0.176. The van der Waals surface area contributed by atoms with Crippen LogP contribution in [0.2, 0.25) is 0 Å². The molecule has 7 heteroatoms. The van der Waals surface area contributed by atoms with E-state index in [-0.39, 0.29) is 17.3 Å². The molecule has 0 fully saturated rings. The Kier molecular flexibility index (Phi) is 7.72. The van der Waals surface area contributed by atoms with E-state index in [0.29, 0.717) is 6.54 Å². The SMILES string of the molecule is CC[NH+](CC)CCn1c2c(c(SCC(=O)Nc3ccc(C)cc3C)nc1=O)CCC2. The fraction of sp³-hybridized carbons (Fsp3) is 0.522. The molecule has 2 N–H and O–H groups in total. The zero-order valence-electron chi connectivity index (χ0n) is 18.5. The van der Waals surface area contributed by atoms with Crippen molar-refractivity contribution in [3.63, 3.8) is 0 Å². The molecule has 1 amide bonds. The second-order valence-electron chi connectivity index (χ2n) is 7.99. The molecule has 1 aliphatic rings. The predicted octanol–water partition coefficient (Wildman–Crippen LogP) is 2.00. The third kappa shape index (κ3) is 5.32. The molecule has 0 aliphatic heterocycles. The first-order valence-electron chi connectivity index (χ1n) is 10.9. The summed E-state index contributed by atoms with van der Waals surface area (Å²) in [7, 11) is 0. The Morgan fingerprint density at radius 1 is 1.23 bits per heavy atom. The summed E-state index contributed by atoms with van der Waals surface area (Å²) in [6, 6.07) is 5.97. The zero-order valence-corrected chi connectivity index (χ0v) is 19.3. The highest BCUT2D eigenvalue weighted by Crippen LogP contribution is 2.29. The van der Waals surface area contributed by atoms with E-state index >= 15 is 0 Å². The van der Waals surface area contributed by atoms with E-state index < -0.39 is 0 Å². The predicted molar refractivity (Wildman–Crippen MR) is 123 cm³/mol. The van der Waals surface area contributed by atoms with E-state index in [1.54, 1.807) is 0 Å². The van der Waals surface area contributed by atoms with Crippen molar-refractivity contribution < 1.29 is 9.69 Å². The van der Waals surface area contributed by atoms with Crippen LogP contribution in [-0.2, 0) is 24.2 Å². The van der Waals surface area contributed by atoms with Gasteiger partial charge in [-0.05, 0) is 58.6 Å². The van der Waals surface area contributed by atoms with Gasteiger partial charge in [-0.1, -0.05) is 29.5 Å². The molecule has 0 radical (unpaired) electrons. The average molecular weight is 430 g/mol. The van der Waals surface area contributed by atoms with Gasteiger partial charge in [0.25, 0.3) is 0 Å². The molecule has 0 spiro atoms. The summed E-state index contributed by atoms with van der Waals surface area (Å²) in [5, 5.41) is 3.70. The first-order chi connectivity index (χ1) is 14.4. The molecule has 0 saturated heterocycles. The Bertz CT molecular complexity index is 966. The van der Waals surface area contributed by atoms with Crippen LogP contribution in [0.4, 0.5) is 5.69 Å². The molecule has 1 aliphatic carbocycles. The fourth-order valence-electron chi connectivity index (χ4n) is 4.08. The van der Waals surface area contributed by atoms with Gasteiger partial charge in [0.15, 0.2) is 0 Å². The van der Waals surface area contributed by atoms with Crippen molar-refractivity contribution in [1.82, 2.24) is 9.55 Å². The molecule has 0 unspecified atom stereocenters. The van der Waals surface area contributed by atoms with Gasteiger partial charge in [-0.25, -0.2) is 4.79 Å². The monoisotopic (exact) mass is 429 g/mol. The molecular formula is C23H33N4O2S+. The highest BCUT2D eigenvalue weighted by molar-refractivity contribution is 8.00. The second-order valence-corrected chi connectivity index (χ2v) is 8.96. The number of hydrogen-bond donors (Lipinski definition) is 2. The smallest absolute Gasteiger partial charge is 0.334 e. The Balaban J connectivity index is 1.69. The number of fused-ring (bicyclic) bond motifs is 1. The van der Waals surface area contributed by atoms with Crippen LogP contribution in [-0.4, -0.2) is 40.8 Å². The van der Waals surface area contributed by atoms with E-state index in [2.05, 4.69) is 30.2 Å². The van der Waals surface area contributed by atoms with Crippen molar-refractivity contribution >= 4 is 23.4 Å². The lowest BCUT2D eigenvalue weighted by atomic mass is 10.1. The number of carbonyl (C=O) groups excluding carboxylic acids is 1. The van der Waals surface area contributed by atoms with Crippen molar-refractivity contribution in [1.29, 1.82) is 0 Å². The minimum absolute atomic E-state index is 0.0742. The Morgan fingerprint density at radius 3 is 2.70 bits per heavy atom. The van der Waals surface area contributed by atoms with Gasteiger partial charge in [0.05, 0.1) is 31.9 Å². The van der Waals surface area contributed by atoms with Crippen LogP contribution in [0.25, 0.3) is 0 Å². The summed E-state index contributed by atoms with van der Waals surface area (Å²) >= 11 is 1.38. The van der Waals surface area contributed by atoms with Crippen molar-refractivity contribution in [3.8, 4) is 0 Å². The number of benzene rings is 1. The van der Waals surface area contributed by atoms with Crippen LogP contribution < -0.4 is 15.9 Å². The number of likely N-dealkylation sites (N-methyl/N-ethyl adjacent to an activating group) is 1. The molecule has 30 heavy (non-hydrogen) atoms. The molecule has 6 nitrogen and oxygen atoms in total. The summed E-state index contributed by atoms with van der Waals surface area (Å²) in [4.78, 5) is 31.0. The number of rotatable bonds is 9. The van der Waals surface area contributed by atoms with Crippen molar-refractivity contribution in [2.45, 2.75) is 58.5 Å². The van der Waals surface area contributed by atoms with E-state index in [9.17, 15) is 9.59 Å². The number of thioether (sulfide) groups is 1. The number of hydrogen-bond acceptors (Lipinski definition) is 4. The van der Waals surface area contributed by atoms with Crippen molar-refractivity contribution in [3.05, 3.63) is 51.1 Å². The fourth-order valence-corrected chi connectivity index (χ4v) is 4.96. The number of amides is 1. The third-order valence-electron chi connectivity index (χ3n) is 5.89. The summed E-state index contributed by atoms with van der Waals surface area (Å²) < 4.78 is 1.87. The Hall–Kier alpha value is -2.12. The lowest BCUT2D eigenvalue weighted by molar-refractivity contribution is -0.897. The number of anilines is 1. The topological polar surface area (TPSA) is 68.4 Å². The highest BCUT2D eigenvalue weighted by atomic mass is 32.2. The Morgan fingerprint density at radius 2 is 2.00 bits per heavy atom. The first kappa shape index (κ1) is 22.6. The molecular weight excluding hydrogens is 396 g/mol. The quantitative estimate of drug-likeness (QED) is 0.473. The maximum atomic E-state index is 12.7. The zero-order chi connectivity index (χ0) is 21.7. The molecule has 0 saturated carbocycles. The normalized spacial score (nSPS) is 13.0. The molecule has 1 aromatic carbocycles. The van der Waals surface area contributed by atoms with Crippen LogP contribution in [0.5, 0.6) is 0 Å². The van der Waals surface area contributed by atoms with E-state index in [4.69, 9.17) is 0 Å². The minimum atomic E-state index is -0.181. The number of aryl methyl sites for hydroxylation is 2. The van der Waals surface area contributed by atoms with Crippen molar-refractivity contribution in [2.24, 2.45) is 0 Å². The van der Waals surface area contributed by atoms with Crippen LogP contribution in [0.15, 0.2) is 28.0 Å². The molecule has 1 aromatic heterocycles. The summed E-state index contributed by atoms with van der Waals surface area (Å²) in [6.07, 6.45) is 2.89. The number of aromatic nitrogens is 2. The van der Waals surface area contributed by atoms with Gasteiger partial charge in [-0.2, -0.15) is 4.98 Å². The van der Waals surface area contributed by atoms with Crippen LogP contribution in [0.1, 0.15) is 42.7 Å². The number of carbonyl (C=O) groups is 1. The standard InChI is InChI=1S/C23H32N4O2S/c1-5-26(6-2)12-13-27-20-9-7-8-18(20)22(25-23(27)29)30-15-21(28)24-19-11-10-16(3)14-17(19)4/h10-11,14H,5-9,12-13,15H2,1-4H3,(H,24,28)/p+1. The first-order valence-corrected chi connectivity index (χ1v) is 11.9. The van der Waals surface area contributed by atoms with E-state index in [0.717, 1.165) is 66.4 Å². The van der Waals surface area contributed by atoms with Gasteiger partial charge >= 0.3 is 5.69 Å². The van der Waals surface area contributed by atoms with Gasteiger partial charge < -0.3 is 10.2 Å². The number of nitrogens with one attached hydrogen (secondary N) is 2. The van der Waals surface area contributed by atoms with E-state index in [1.165, 1.54) is 22.2 Å². The summed E-state index contributed by atoms with van der Waals surface area (Å²) in [6.45, 7) is 12.1. The maximum absolute atomic E-state index is 12.7. The molecule has 162 valence electrons. The number of nitrogens with zero attached hydrogens (tertiary/aromatic N) is 2. The maximum Gasteiger partial charge on any atom is 0.349 e. The molecule has 3 rings (SSSR count). The second kappa shape index (κ2) is 10.3. The van der Waals surface area contributed by atoms with Crippen molar-refractivity contribution in [2.75, 3.05) is 30.7 Å². The lowest BCUT2D eigenvalue weighted by Gasteiger charge is -2.18. The lowest BCUT2D eigenvalue weighted by Crippen LogP contribution is -3.11. The molecule has 1 heterocycles. The minimum Gasteiger partial charge on any atom is -0.334 e. The number of quaternary nitrogens is 1. The van der Waals surface area contributed by atoms with Gasteiger partial charge in [0.2, 0.25) is 5.91 Å². The third-order valence-corrected chi connectivity index (χ3v) is 6.90. The average Bonchev–Trinajstić information content (AvgIpc) is 3.20. The van der Waals surface area contributed by atoms with Gasteiger partial charge in [-0.3, -0.25) is 9.36 Å². The van der Waals surface area contributed by atoms with Crippen LogP contribution in [0, 0.1) is 13.8 Å². The van der Waals surface area contributed by atoms with Gasteiger partial charge in [-0.15, -0.1) is 0 Å². The molecule has 2 aromatic rings. The summed E-state index contributed by atoms with van der Waals surface area (Å²) in [5.41, 5.74) is 5.15. The molecule has 0 bridgehead atoms. The van der Waals surface area contributed by atoms with Gasteiger partial charge in [0.1, 0.15) is 5.03 Å². The Labute approximate surface area is 183 Å². The van der Waals surface area contributed by atoms with E-state index in [1.807, 2.05) is 30.5 Å².